The molecule has 0 bridgehead atoms. The van der Waals surface area contributed by atoms with Crippen molar-refractivity contribution in [2.75, 3.05) is 31.1 Å². The third-order valence-corrected chi connectivity index (χ3v) is 6.72. The molecule has 0 unspecified atom stereocenters. The van der Waals surface area contributed by atoms with Crippen LogP contribution in [0.1, 0.15) is 27.0 Å². The van der Waals surface area contributed by atoms with Crippen molar-refractivity contribution in [3.05, 3.63) is 57.6 Å². The van der Waals surface area contributed by atoms with Crippen molar-refractivity contribution >= 4 is 44.2 Å². The Hall–Kier alpha value is -2.11. The van der Waals surface area contributed by atoms with Gasteiger partial charge in [-0.25, -0.2) is 4.98 Å². The molecule has 1 amide bonds. The van der Waals surface area contributed by atoms with E-state index in [4.69, 9.17) is 16.6 Å². The molecular formula is C21H22ClN3OS. The summed E-state index contributed by atoms with van der Waals surface area (Å²) in [7, 11) is 0. The van der Waals surface area contributed by atoms with Gasteiger partial charge >= 0.3 is 0 Å². The van der Waals surface area contributed by atoms with Crippen LogP contribution in [-0.2, 0) is 0 Å². The number of hydrogen-bond acceptors (Lipinski definition) is 4. The van der Waals surface area contributed by atoms with Crippen LogP contribution in [0.2, 0.25) is 5.02 Å². The Kier molecular flexibility index (Phi) is 4.82. The second kappa shape index (κ2) is 7.13. The number of halogens is 1. The number of carbonyl (C=O) groups is 1. The second-order valence-electron chi connectivity index (χ2n) is 7.14. The smallest absolute Gasteiger partial charge is 0.254 e. The average Bonchev–Trinajstić information content (AvgIpc) is 3.13. The third-order valence-electron chi connectivity index (χ3n) is 5.15. The summed E-state index contributed by atoms with van der Waals surface area (Å²) >= 11 is 7.97. The SMILES string of the molecule is Cc1ccc(C)c(C(=O)N2CCN(c3nc4c(C)ccc(Cl)c4s3)CC2)c1. The van der Waals surface area contributed by atoms with Crippen molar-refractivity contribution in [2.24, 2.45) is 0 Å². The topological polar surface area (TPSA) is 36.4 Å². The quantitative estimate of drug-likeness (QED) is 0.618. The van der Waals surface area contributed by atoms with Crippen LogP contribution in [0.3, 0.4) is 0 Å². The molecule has 3 aromatic rings. The molecule has 0 spiro atoms. The molecule has 1 aliphatic rings. The number of aromatic nitrogens is 1. The van der Waals surface area contributed by atoms with Crippen LogP contribution >= 0.6 is 22.9 Å². The first-order valence-electron chi connectivity index (χ1n) is 9.11. The van der Waals surface area contributed by atoms with Crippen LogP contribution in [0.4, 0.5) is 5.13 Å². The molecule has 140 valence electrons. The maximum Gasteiger partial charge on any atom is 0.254 e. The van der Waals surface area contributed by atoms with Gasteiger partial charge in [0.25, 0.3) is 5.91 Å². The van der Waals surface area contributed by atoms with Gasteiger partial charge in [-0.3, -0.25) is 4.79 Å². The normalized spacial score (nSPS) is 14.8. The van der Waals surface area contributed by atoms with Gasteiger partial charge in [0.1, 0.15) is 0 Å². The van der Waals surface area contributed by atoms with E-state index in [9.17, 15) is 4.79 Å². The highest BCUT2D eigenvalue weighted by molar-refractivity contribution is 7.22. The molecule has 0 radical (unpaired) electrons. The molecule has 6 heteroatoms. The van der Waals surface area contributed by atoms with Crippen molar-refractivity contribution in [1.82, 2.24) is 9.88 Å². The van der Waals surface area contributed by atoms with Crippen molar-refractivity contribution < 1.29 is 4.79 Å². The number of piperazine rings is 1. The van der Waals surface area contributed by atoms with Gasteiger partial charge in [-0.2, -0.15) is 0 Å². The number of nitrogens with zero attached hydrogens (tertiary/aromatic N) is 3. The van der Waals surface area contributed by atoms with Crippen LogP contribution < -0.4 is 4.90 Å². The number of hydrogen-bond donors (Lipinski definition) is 0. The van der Waals surface area contributed by atoms with Crippen LogP contribution in [0.5, 0.6) is 0 Å². The highest BCUT2D eigenvalue weighted by Gasteiger charge is 2.25. The van der Waals surface area contributed by atoms with E-state index >= 15 is 0 Å². The summed E-state index contributed by atoms with van der Waals surface area (Å²) in [6.45, 7) is 9.05. The first-order chi connectivity index (χ1) is 12.9. The molecule has 0 saturated carbocycles. The zero-order chi connectivity index (χ0) is 19.1. The summed E-state index contributed by atoms with van der Waals surface area (Å²) in [6, 6.07) is 10.00. The van der Waals surface area contributed by atoms with Gasteiger partial charge in [-0.05, 0) is 44.0 Å². The van der Waals surface area contributed by atoms with Gasteiger partial charge in [0.15, 0.2) is 5.13 Å². The number of benzene rings is 2. The molecule has 2 heterocycles. The van der Waals surface area contributed by atoms with Gasteiger partial charge < -0.3 is 9.80 Å². The van der Waals surface area contributed by atoms with Crippen molar-refractivity contribution in [2.45, 2.75) is 20.8 Å². The van der Waals surface area contributed by atoms with Crippen LogP contribution in [0, 0.1) is 20.8 Å². The van der Waals surface area contributed by atoms with E-state index in [0.717, 1.165) is 55.7 Å². The highest BCUT2D eigenvalue weighted by atomic mass is 35.5. The lowest BCUT2D eigenvalue weighted by molar-refractivity contribution is 0.0746. The van der Waals surface area contributed by atoms with Crippen molar-refractivity contribution in [3.63, 3.8) is 0 Å². The first-order valence-corrected chi connectivity index (χ1v) is 10.3. The molecule has 4 nitrogen and oxygen atoms in total. The van der Waals surface area contributed by atoms with Crippen LogP contribution in [-0.4, -0.2) is 42.0 Å². The number of amides is 1. The summed E-state index contributed by atoms with van der Waals surface area (Å²) in [6.07, 6.45) is 0. The Bertz CT molecular complexity index is 983. The van der Waals surface area contributed by atoms with Crippen LogP contribution in [0.25, 0.3) is 10.2 Å². The van der Waals surface area contributed by atoms with Crippen molar-refractivity contribution in [3.8, 4) is 0 Å². The Labute approximate surface area is 168 Å². The molecule has 2 aromatic carbocycles. The van der Waals surface area contributed by atoms with Gasteiger partial charge in [-0.1, -0.05) is 46.7 Å². The summed E-state index contributed by atoms with van der Waals surface area (Å²) in [5.74, 6) is 0.124. The Morgan fingerprint density at radius 3 is 2.44 bits per heavy atom. The van der Waals surface area contributed by atoms with E-state index < -0.39 is 0 Å². The molecule has 4 rings (SSSR count). The summed E-state index contributed by atoms with van der Waals surface area (Å²) in [5.41, 5.74) is 5.08. The first kappa shape index (κ1) is 18.3. The fourth-order valence-electron chi connectivity index (χ4n) is 3.46. The molecule has 0 N–H and O–H groups in total. The van der Waals surface area contributed by atoms with E-state index in [0.29, 0.717) is 13.1 Å². The highest BCUT2D eigenvalue weighted by Crippen LogP contribution is 2.35. The van der Waals surface area contributed by atoms with Crippen molar-refractivity contribution in [1.29, 1.82) is 0 Å². The Morgan fingerprint density at radius 1 is 1.04 bits per heavy atom. The number of fused-ring (bicyclic) bond motifs is 1. The lowest BCUT2D eigenvalue weighted by Gasteiger charge is -2.34. The summed E-state index contributed by atoms with van der Waals surface area (Å²) < 4.78 is 1.04. The fraction of sp³-hybridized carbons (Fsp3) is 0.333. The number of thiazole rings is 1. The van der Waals surface area contributed by atoms with Crippen LogP contribution in [0.15, 0.2) is 30.3 Å². The molecular weight excluding hydrogens is 378 g/mol. The molecule has 0 aliphatic carbocycles. The minimum absolute atomic E-state index is 0.124. The zero-order valence-corrected chi connectivity index (χ0v) is 17.3. The van der Waals surface area contributed by atoms with Gasteiger partial charge in [0, 0.05) is 31.7 Å². The predicted molar refractivity (Wildman–Crippen MR) is 113 cm³/mol. The monoisotopic (exact) mass is 399 g/mol. The summed E-state index contributed by atoms with van der Waals surface area (Å²) in [4.78, 5) is 21.9. The molecule has 1 fully saturated rings. The lowest BCUT2D eigenvalue weighted by Crippen LogP contribution is -2.48. The average molecular weight is 400 g/mol. The van der Waals surface area contributed by atoms with E-state index in [1.165, 1.54) is 0 Å². The minimum atomic E-state index is 0.124. The maximum atomic E-state index is 12.9. The second-order valence-corrected chi connectivity index (χ2v) is 8.52. The van der Waals surface area contributed by atoms with E-state index in [1.807, 2.05) is 49.1 Å². The number of carbonyl (C=O) groups excluding carboxylic acids is 1. The maximum absolute atomic E-state index is 12.9. The zero-order valence-electron chi connectivity index (χ0n) is 15.8. The van der Waals surface area contributed by atoms with Gasteiger partial charge in [0.05, 0.1) is 15.2 Å². The lowest BCUT2D eigenvalue weighted by atomic mass is 10.0. The Morgan fingerprint density at radius 2 is 1.74 bits per heavy atom. The minimum Gasteiger partial charge on any atom is -0.345 e. The van der Waals surface area contributed by atoms with Gasteiger partial charge in [-0.15, -0.1) is 0 Å². The number of anilines is 1. The molecule has 1 aliphatic heterocycles. The molecule has 1 aromatic heterocycles. The van der Waals surface area contributed by atoms with E-state index in [2.05, 4.69) is 11.8 Å². The largest absolute Gasteiger partial charge is 0.345 e. The number of aryl methyl sites for hydroxylation is 3. The fourth-order valence-corrected chi connectivity index (χ4v) is 4.83. The number of rotatable bonds is 2. The standard InChI is InChI=1S/C21H22ClN3OS/c1-13-4-5-14(2)16(12-13)20(26)24-8-10-25(11-9-24)21-23-18-15(3)6-7-17(22)19(18)27-21/h4-7,12H,8-11H2,1-3H3. The van der Waals surface area contributed by atoms with E-state index in [-0.39, 0.29) is 5.91 Å². The van der Waals surface area contributed by atoms with E-state index in [1.54, 1.807) is 11.3 Å². The molecule has 1 saturated heterocycles. The molecule has 0 atom stereocenters. The summed E-state index contributed by atoms with van der Waals surface area (Å²) in [5, 5.41) is 1.74. The third kappa shape index (κ3) is 3.42. The predicted octanol–water partition coefficient (Wildman–Crippen LogP) is 4.84. The molecule has 27 heavy (non-hydrogen) atoms. The van der Waals surface area contributed by atoms with Gasteiger partial charge in [0.2, 0.25) is 0 Å². The Balaban J connectivity index is 1.51.